The van der Waals surface area contributed by atoms with E-state index in [0.717, 1.165) is 0 Å². The van der Waals surface area contributed by atoms with Crippen LogP contribution in [0.3, 0.4) is 0 Å². The summed E-state index contributed by atoms with van der Waals surface area (Å²) in [5.74, 6) is -0.0362. The molecular weight excluding hydrogens is 256 g/mol. The van der Waals surface area contributed by atoms with Gasteiger partial charge in [0.05, 0.1) is 6.61 Å². The zero-order chi connectivity index (χ0) is 15.4. The Morgan fingerprint density at radius 1 is 1.10 bits per heavy atom. The highest BCUT2D eigenvalue weighted by atomic mass is 16.5. The summed E-state index contributed by atoms with van der Waals surface area (Å²) in [6, 6.07) is 0. The highest BCUT2D eigenvalue weighted by Crippen LogP contribution is 2.32. The zero-order valence-corrected chi connectivity index (χ0v) is 13.4. The Bertz CT molecular complexity index is 366. The molecule has 1 atom stereocenters. The lowest BCUT2D eigenvalue weighted by Gasteiger charge is -2.50. The molecule has 1 unspecified atom stereocenters. The molecule has 5 heteroatoms. The molecule has 0 aromatic carbocycles. The number of piperazine rings is 1. The van der Waals surface area contributed by atoms with Crippen LogP contribution < -0.4 is 5.32 Å². The average molecular weight is 284 g/mol. The Kier molecular flexibility index (Phi) is 5.57. The molecule has 1 aliphatic heterocycles. The summed E-state index contributed by atoms with van der Waals surface area (Å²) in [7, 11) is 0. The van der Waals surface area contributed by atoms with Crippen molar-refractivity contribution in [1.82, 2.24) is 10.2 Å². The number of nitrogens with zero attached hydrogens (tertiary/aromatic N) is 1. The molecule has 5 nitrogen and oxygen atoms in total. The number of nitrogens with one attached hydrogen (secondary N) is 1. The lowest BCUT2D eigenvalue weighted by atomic mass is 9.81. The number of carbonyl (C=O) groups is 2. The van der Waals surface area contributed by atoms with Crippen LogP contribution in [0.2, 0.25) is 0 Å². The van der Waals surface area contributed by atoms with Gasteiger partial charge in [0.1, 0.15) is 11.1 Å². The summed E-state index contributed by atoms with van der Waals surface area (Å²) in [6.45, 7) is 11.1. The van der Waals surface area contributed by atoms with Crippen LogP contribution in [0, 0.1) is 0 Å². The maximum atomic E-state index is 12.9. The number of rotatable bonds is 7. The highest BCUT2D eigenvalue weighted by Gasteiger charge is 2.53. The van der Waals surface area contributed by atoms with Crippen LogP contribution in [-0.2, 0) is 14.3 Å². The van der Waals surface area contributed by atoms with Crippen LogP contribution in [0.15, 0.2) is 0 Å². The van der Waals surface area contributed by atoms with E-state index in [9.17, 15) is 9.59 Å². The number of amides is 2. The summed E-state index contributed by atoms with van der Waals surface area (Å²) in [4.78, 5) is 27.1. The molecule has 0 aromatic heterocycles. The van der Waals surface area contributed by atoms with Crippen molar-refractivity contribution in [1.29, 1.82) is 0 Å². The summed E-state index contributed by atoms with van der Waals surface area (Å²) in [5, 5.41) is 2.97. The minimum absolute atomic E-state index is 0.0196. The third kappa shape index (κ3) is 2.68. The lowest BCUT2D eigenvalue weighted by molar-refractivity contribution is -0.164. The van der Waals surface area contributed by atoms with E-state index in [1.54, 1.807) is 4.90 Å². The lowest BCUT2D eigenvalue weighted by Crippen LogP contribution is -2.74. The van der Waals surface area contributed by atoms with E-state index >= 15 is 0 Å². The quantitative estimate of drug-likeness (QED) is 0.724. The molecule has 1 saturated heterocycles. The van der Waals surface area contributed by atoms with Crippen molar-refractivity contribution >= 4 is 11.8 Å². The van der Waals surface area contributed by atoms with E-state index in [1.165, 1.54) is 0 Å². The molecule has 1 N–H and O–H groups in total. The zero-order valence-electron chi connectivity index (χ0n) is 13.4. The third-order valence-corrected chi connectivity index (χ3v) is 4.65. The van der Waals surface area contributed by atoms with Crippen LogP contribution in [0.1, 0.15) is 53.9 Å². The molecule has 0 bridgehead atoms. The van der Waals surface area contributed by atoms with Gasteiger partial charge >= 0.3 is 0 Å². The Morgan fingerprint density at radius 3 is 2.15 bits per heavy atom. The van der Waals surface area contributed by atoms with Gasteiger partial charge in [-0.3, -0.25) is 9.59 Å². The van der Waals surface area contributed by atoms with Crippen molar-refractivity contribution in [2.75, 3.05) is 19.8 Å². The average Bonchev–Trinajstić information content (AvgIpc) is 2.46. The highest BCUT2D eigenvalue weighted by molar-refractivity contribution is 6.02. The van der Waals surface area contributed by atoms with Crippen LogP contribution in [0.25, 0.3) is 0 Å². The molecule has 1 heterocycles. The molecular formula is C15H28N2O3. The van der Waals surface area contributed by atoms with Crippen molar-refractivity contribution < 1.29 is 14.3 Å². The maximum Gasteiger partial charge on any atom is 0.249 e. The number of carbonyl (C=O) groups excluding carboxylic acids is 2. The fraction of sp³-hybridized carbons (Fsp3) is 0.867. The molecule has 1 rings (SSSR count). The Labute approximate surface area is 122 Å². The van der Waals surface area contributed by atoms with Gasteiger partial charge < -0.3 is 15.0 Å². The fourth-order valence-corrected chi connectivity index (χ4v) is 2.74. The van der Waals surface area contributed by atoms with Gasteiger partial charge in [0.15, 0.2) is 0 Å². The minimum Gasteiger partial charge on any atom is -0.380 e. The van der Waals surface area contributed by atoms with E-state index in [2.05, 4.69) is 5.32 Å². The largest absolute Gasteiger partial charge is 0.380 e. The number of ether oxygens (including phenoxy) is 1. The van der Waals surface area contributed by atoms with Gasteiger partial charge in [-0.15, -0.1) is 0 Å². The topological polar surface area (TPSA) is 58.6 Å². The molecule has 0 aliphatic carbocycles. The molecule has 0 spiro atoms. The first-order chi connectivity index (χ1) is 9.41. The van der Waals surface area contributed by atoms with E-state index in [4.69, 9.17) is 4.74 Å². The predicted molar refractivity (Wildman–Crippen MR) is 78.4 cm³/mol. The van der Waals surface area contributed by atoms with Crippen LogP contribution >= 0.6 is 0 Å². The molecule has 2 amide bonds. The van der Waals surface area contributed by atoms with Gasteiger partial charge in [-0.25, -0.2) is 0 Å². The number of hydrogen-bond donors (Lipinski definition) is 1. The molecule has 1 aliphatic rings. The Morgan fingerprint density at radius 2 is 1.70 bits per heavy atom. The Balaban J connectivity index is 3.08. The summed E-state index contributed by atoms with van der Waals surface area (Å²) in [6.07, 6.45) is 1.82. The van der Waals surface area contributed by atoms with Crippen LogP contribution in [-0.4, -0.2) is 47.6 Å². The van der Waals surface area contributed by atoms with E-state index in [1.807, 2.05) is 34.6 Å². The van der Waals surface area contributed by atoms with Crippen molar-refractivity contribution in [2.24, 2.45) is 0 Å². The van der Waals surface area contributed by atoms with Gasteiger partial charge in [0.2, 0.25) is 11.8 Å². The summed E-state index contributed by atoms with van der Waals surface area (Å²) in [5.41, 5.74) is -1.53. The molecule has 0 radical (unpaired) electrons. The smallest absolute Gasteiger partial charge is 0.249 e. The van der Waals surface area contributed by atoms with Gasteiger partial charge in [-0.2, -0.15) is 0 Å². The van der Waals surface area contributed by atoms with Crippen LogP contribution in [0.4, 0.5) is 0 Å². The first-order valence-corrected chi connectivity index (χ1v) is 7.64. The van der Waals surface area contributed by atoms with Gasteiger partial charge in [0.25, 0.3) is 0 Å². The normalized spacial score (nSPS) is 25.8. The molecule has 20 heavy (non-hydrogen) atoms. The fourth-order valence-electron chi connectivity index (χ4n) is 2.74. The third-order valence-electron chi connectivity index (χ3n) is 4.65. The number of hydrogen-bond acceptors (Lipinski definition) is 3. The molecule has 0 saturated carbocycles. The van der Waals surface area contributed by atoms with E-state index in [-0.39, 0.29) is 11.8 Å². The second kappa shape index (κ2) is 6.57. The van der Waals surface area contributed by atoms with E-state index < -0.39 is 11.1 Å². The van der Waals surface area contributed by atoms with Crippen molar-refractivity contribution in [2.45, 2.75) is 65.0 Å². The second-order valence-corrected chi connectivity index (χ2v) is 5.52. The standard InChI is InChI=1S/C15H28N2O3/c1-6-14(5)12(18)16-15(7-2,8-3)13(19)17(14)10-11-20-9-4/h6-11H2,1-5H3,(H,16,18). The molecule has 1 fully saturated rings. The van der Waals surface area contributed by atoms with Crippen LogP contribution in [0.5, 0.6) is 0 Å². The first kappa shape index (κ1) is 17.0. The monoisotopic (exact) mass is 284 g/mol. The summed E-state index contributed by atoms with van der Waals surface area (Å²) >= 11 is 0. The Hall–Kier alpha value is -1.10. The van der Waals surface area contributed by atoms with Gasteiger partial charge in [0, 0.05) is 13.2 Å². The van der Waals surface area contributed by atoms with Crippen molar-refractivity contribution in [3.63, 3.8) is 0 Å². The summed E-state index contributed by atoms with van der Waals surface area (Å²) < 4.78 is 5.37. The van der Waals surface area contributed by atoms with Crippen molar-refractivity contribution in [3.05, 3.63) is 0 Å². The SMILES string of the molecule is CCOCCN1C(=O)C(CC)(CC)NC(=O)C1(C)CC. The molecule has 0 aromatic rings. The maximum absolute atomic E-state index is 12.9. The minimum atomic E-state index is -0.776. The first-order valence-electron chi connectivity index (χ1n) is 7.64. The molecule has 116 valence electrons. The predicted octanol–water partition coefficient (Wildman–Crippen LogP) is 1.71. The van der Waals surface area contributed by atoms with E-state index in [0.29, 0.717) is 39.0 Å². The van der Waals surface area contributed by atoms with Gasteiger partial charge in [-0.1, -0.05) is 20.8 Å². The van der Waals surface area contributed by atoms with Crippen molar-refractivity contribution in [3.8, 4) is 0 Å². The van der Waals surface area contributed by atoms with Gasteiger partial charge in [-0.05, 0) is 33.1 Å². The second-order valence-electron chi connectivity index (χ2n) is 5.52.